The monoisotopic (exact) mass is 306 g/mol. The number of hydrogen-bond donors (Lipinski definition) is 1. The number of ether oxygens (including phenoxy) is 1. The van der Waals surface area contributed by atoms with Crippen LogP contribution in [0.25, 0.3) is 0 Å². The van der Waals surface area contributed by atoms with Gasteiger partial charge in [0.1, 0.15) is 11.6 Å². The van der Waals surface area contributed by atoms with Gasteiger partial charge >= 0.3 is 0 Å². The highest BCUT2D eigenvalue weighted by atomic mass is 32.2. The number of thioether (sulfide) groups is 1. The van der Waals surface area contributed by atoms with E-state index in [0.29, 0.717) is 30.2 Å². The maximum absolute atomic E-state index is 11.5. The molecule has 21 heavy (non-hydrogen) atoms. The summed E-state index contributed by atoms with van der Waals surface area (Å²) in [5, 5.41) is 8.86. The van der Waals surface area contributed by atoms with Crippen molar-refractivity contribution in [3.05, 3.63) is 35.7 Å². The lowest BCUT2D eigenvalue weighted by atomic mass is 10.1. The molecule has 0 aliphatic carbocycles. The minimum atomic E-state index is -0.000795. The molecule has 7 heteroatoms. The quantitative estimate of drug-likeness (QED) is 0.476. The number of benzene rings is 1. The molecule has 0 radical (unpaired) electrons. The van der Waals surface area contributed by atoms with Crippen LogP contribution in [0, 0.1) is 0 Å². The first-order valence-corrected chi connectivity index (χ1v) is 7.56. The van der Waals surface area contributed by atoms with Gasteiger partial charge in [0.2, 0.25) is 0 Å². The number of carbonyl (C=O) groups excluding carboxylic acids is 1. The summed E-state index contributed by atoms with van der Waals surface area (Å²) in [5.74, 6) is 2.08. The van der Waals surface area contributed by atoms with Gasteiger partial charge in [0.05, 0.1) is 18.7 Å². The Morgan fingerprint density at radius 2 is 2.14 bits per heavy atom. The van der Waals surface area contributed by atoms with E-state index < -0.39 is 0 Å². The third-order valence-electron chi connectivity index (χ3n) is 2.95. The predicted molar refractivity (Wildman–Crippen MR) is 81.6 cm³/mol. The van der Waals surface area contributed by atoms with Crippen LogP contribution in [0.4, 0.5) is 0 Å². The number of nitrogens with two attached hydrogens (primary N) is 1. The van der Waals surface area contributed by atoms with Gasteiger partial charge in [-0.3, -0.25) is 4.79 Å². The molecule has 112 valence electrons. The van der Waals surface area contributed by atoms with Gasteiger partial charge < -0.3 is 15.0 Å². The minimum absolute atomic E-state index is 0.000795. The molecule has 0 spiro atoms. The molecule has 0 fully saturated rings. The summed E-state index contributed by atoms with van der Waals surface area (Å²) in [7, 11) is 1.89. The zero-order valence-electron chi connectivity index (χ0n) is 12.1. The molecule has 2 rings (SSSR count). The van der Waals surface area contributed by atoms with E-state index >= 15 is 0 Å². The maximum atomic E-state index is 11.5. The molecule has 0 unspecified atom stereocenters. The zero-order chi connectivity index (χ0) is 15.2. The number of Topliss-reactive ketones (excluding diaryl/α,β-unsaturated/α-hetero) is 1. The molecule has 1 heterocycles. The third kappa shape index (κ3) is 3.83. The van der Waals surface area contributed by atoms with Crippen molar-refractivity contribution in [1.82, 2.24) is 14.8 Å². The largest absolute Gasteiger partial charge is 0.492 e. The predicted octanol–water partition coefficient (Wildman–Crippen LogP) is 1.65. The van der Waals surface area contributed by atoms with Crippen LogP contribution >= 0.6 is 11.8 Å². The normalized spacial score (nSPS) is 10.6. The van der Waals surface area contributed by atoms with Gasteiger partial charge in [-0.25, -0.2) is 0 Å². The summed E-state index contributed by atoms with van der Waals surface area (Å²) >= 11 is 1.54. The Labute approximate surface area is 127 Å². The van der Waals surface area contributed by atoms with Gasteiger partial charge in [-0.15, -0.1) is 10.2 Å². The summed E-state index contributed by atoms with van der Waals surface area (Å²) in [6.45, 7) is 2.39. The average molecular weight is 306 g/mol. The van der Waals surface area contributed by atoms with E-state index in [4.69, 9.17) is 10.5 Å². The molecule has 0 atom stereocenters. The first-order valence-electron chi connectivity index (χ1n) is 6.57. The van der Waals surface area contributed by atoms with Crippen LogP contribution in [0.5, 0.6) is 5.75 Å². The number of rotatable bonds is 7. The van der Waals surface area contributed by atoms with Gasteiger partial charge in [-0.2, -0.15) is 0 Å². The third-order valence-corrected chi connectivity index (χ3v) is 3.93. The second-order valence-corrected chi connectivity index (χ2v) is 5.47. The number of nitrogens with zero attached hydrogens (tertiary/aromatic N) is 3. The van der Waals surface area contributed by atoms with Crippen LogP contribution in [-0.2, 0) is 13.6 Å². The van der Waals surface area contributed by atoms with E-state index in [-0.39, 0.29) is 5.78 Å². The summed E-state index contributed by atoms with van der Waals surface area (Å²) < 4.78 is 7.54. The van der Waals surface area contributed by atoms with Crippen molar-refractivity contribution in [2.45, 2.75) is 18.6 Å². The Balaban J connectivity index is 1.88. The number of carbonyl (C=O) groups is 1. The lowest BCUT2D eigenvalue weighted by Gasteiger charge is -2.09. The summed E-state index contributed by atoms with van der Waals surface area (Å²) in [6, 6.07) is 7.24. The highest BCUT2D eigenvalue weighted by molar-refractivity contribution is 7.99. The molecule has 0 saturated heterocycles. The number of aromatic nitrogens is 3. The van der Waals surface area contributed by atoms with Gasteiger partial charge in [0.15, 0.2) is 10.9 Å². The molecule has 0 aliphatic heterocycles. The van der Waals surface area contributed by atoms with Crippen molar-refractivity contribution in [3.63, 3.8) is 0 Å². The molecule has 0 saturated carbocycles. The summed E-state index contributed by atoms with van der Waals surface area (Å²) in [6.07, 6.45) is 0. The van der Waals surface area contributed by atoms with Crippen molar-refractivity contribution in [2.24, 2.45) is 12.8 Å². The van der Waals surface area contributed by atoms with E-state index in [2.05, 4.69) is 10.2 Å². The molecule has 2 aromatic rings. The number of hydrogen-bond acceptors (Lipinski definition) is 6. The van der Waals surface area contributed by atoms with Crippen molar-refractivity contribution in [1.29, 1.82) is 0 Å². The van der Waals surface area contributed by atoms with Crippen LogP contribution in [0.15, 0.2) is 29.4 Å². The van der Waals surface area contributed by atoms with Gasteiger partial charge in [-0.1, -0.05) is 23.9 Å². The standard InChI is InChI=1S/C14H18N4O2S/c1-10(19)11-5-3-4-6-12(11)20-7-8-21-14-17-16-13(9-15)18(14)2/h3-6H,7-9,15H2,1-2H3. The summed E-state index contributed by atoms with van der Waals surface area (Å²) in [5.41, 5.74) is 6.15. The Kier molecular flexibility index (Phi) is 5.35. The highest BCUT2D eigenvalue weighted by Crippen LogP contribution is 2.20. The van der Waals surface area contributed by atoms with E-state index in [1.54, 1.807) is 23.9 Å². The van der Waals surface area contributed by atoms with Gasteiger partial charge in [-0.05, 0) is 19.1 Å². The SMILES string of the molecule is CC(=O)c1ccccc1OCCSc1nnc(CN)n1C. The molecule has 0 aliphatic rings. The van der Waals surface area contributed by atoms with Gasteiger partial charge in [0.25, 0.3) is 0 Å². The van der Waals surface area contributed by atoms with E-state index in [1.807, 2.05) is 23.7 Å². The summed E-state index contributed by atoms with van der Waals surface area (Å²) in [4.78, 5) is 11.5. The first kappa shape index (κ1) is 15.5. The Morgan fingerprint density at radius 1 is 1.38 bits per heavy atom. The molecule has 6 nitrogen and oxygen atoms in total. The lowest BCUT2D eigenvalue weighted by molar-refractivity contribution is 0.101. The van der Waals surface area contributed by atoms with Crippen LogP contribution in [0.3, 0.4) is 0 Å². The fourth-order valence-electron chi connectivity index (χ4n) is 1.82. The van der Waals surface area contributed by atoms with Crippen molar-refractivity contribution < 1.29 is 9.53 Å². The van der Waals surface area contributed by atoms with Crippen LogP contribution in [-0.4, -0.2) is 32.9 Å². The van der Waals surface area contributed by atoms with Crippen molar-refractivity contribution in [3.8, 4) is 5.75 Å². The van der Waals surface area contributed by atoms with Crippen molar-refractivity contribution in [2.75, 3.05) is 12.4 Å². The van der Waals surface area contributed by atoms with Crippen LogP contribution in [0.1, 0.15) is 23.1 Å². The Morgan fingerprint density at radius 3 is 2.81 bits per heavy atom. The van der Waals surface area contributed by atoms with Gasteiger partial charge in [0, 0.05) is 12.8 Å². The average Bonchev–Trinajstić information content (AvgIpc) is 2.84. The first-order chi connectivity index (χ1) is 10.1. The van der Waals surface area contributed by atoms with E-state index in [0.717, 1.165) is 11.0 Å². The smallest absolute Gasteiger partial charge is 0.191 e. The molecular formula is C14H18N4O2S. The second-order valence-electron chi connectivity index (χ2n) is 4.41. The van der Waals surface area contributed by atoms with E-state index in [1.165, 1.54) is 6.92 Å². The number of para-hydroxylation sites is 1. The zero-order valence-corrected chi connectivity index (χ0v) is 12.9. The molecule has 0 amide bonds. The fraction of sp³-hybridized carbons (Fsp3) is 0.357. The second kappa shape index (κ2) is 7.24. The molecule has 2 N–H and O–H groups in total. The molecule has 1 aromatic heterocycles. The lowest BCUT2D eigenvalue weighted by Crippen LogP contribution is -2.07. The Hall–Kier alpha value is -1.86. The van der Waals surface area contributed by atoms with E-state index in [9.17, 15) is 4.79 Å². The molecular weight excluding hydrogens is 288 g/mol. The molecule has 1 aromatic carbocycles. The maximum Gasteiger partial charge on any atom is 0.191 e. The Bertz CT molecular complexity index is 627. The topological polar surface area (TPSA) is 83.0 Å². The van der Waals surface area contributed by atoms with Crippen LogP contribution < -0.4 is 10.5 Å². The van der Waals surface area contributed by atoms with Crippen molar-refractivity contribution >= 4 is 17.5 Å². The van der Waals surface area contributed by atoms with Crippen LogP contribution in [0.2, 0.25) is 0 Å². The number of ketones is 1. The molecule has 0 bridgehead atoms. The minimum Gasteiger partial charge on any atom is -0.492 e. The highest BCUT2D eigenvalue weighted by Gasteiger charge is 2.09. The fourth-order valence-corrected chi connectivity index (χ4v) is 2.56.